The molecule has 96 valence electrons. The average molecular weight is 244 g/mol. The molecule has 0 bridgehead atoms. The van der Waals surface area contributed by atoms with Gasteiger partial charge < -0.3 is 9.88 Å². The summed E-state index contributed by atoms with van der Waals surface area (Å²) in [5.74, 6) is 1.23. The summed E-state index contributed by atoms with van der Waals surface area (Å²) in [6, 6.07) is 2.00. The molecule has 0 amide bonds. The number of fused-ring (bicyclic) bond motifs is 1. The van der Waals surface area contributed by atoms with Crippen LogP contribution in [-0.4, -0.2) is 27.6 Å². The first kappa shape index (κ1) is 11.7. The Morgan fingerprint density at radius 2 is 2.17 bits per heavy atom. The predicted molar refractivity (Wildman–Crippen MR) is 72.6 cm³/mol. The van der Waals surface area contributed by atoms with E-state index < -0.39 is 0 Å². The summed E-state index contributed by atoms with van der Waals surface area (Å²) in [5.41, 5.74) is 2.44. The third-order valence-electron chi connectivity index (χ3n) is 4.39. The van der Waals surface area contributed by atoms with Crippen LogP contribution in [0.15, 0.2) is 18.5 Å². The normalized spacial score (nSPS) is 19.2. The van der Waals surface area contributed by atoms with Gasteiger partial charge in [-0.05, 0) is 38.4 Å². The van der Waals surface area contributed by atoms with Crippen molar-refractivity contribution in [3.63, 3.8) is 0 Å². The highest BCUT2D eigenvalue weighted by atomic mass is 15.1. The molecule has 0 aromatic carbocycles. The number of hydrogen-bond donors (Lipinski definition) is 1. The Kier molecular flexibility index (Phi) is 2.82. The van der Waals surface area contributed by atoms with Crippen LogP contribution in [0.3, 0.4) is 0 Å². The van der Waals surface area contributed by atoms with Crippen molar-refractivity contribution in [3.8, 4) is 0 Å². The Balaban J connectivity index is 2.14. The van der Waals surface area contributed by atoms with Crippen molar-refractivity contribution in [2.45, 2.75) is 31.6 Å². The predicted octanol–water partition coefficient (Wildman–Crippen LogP) is 2.00. The van der Waals surface area contributed by atoms with E-state index in [1.807, 2.05) is 18.5 Å². The Bertz CT molecular complexity index is 552. The second-order valence-electron chi connectivity index (χ2n) is 5.24. The molecular weight excluding hydrogens is 224 g/mol. The molecule has 1 aliphatic rings. The van der Waals surface area contributed by atoms with Crippen LogP contribution in [0.2, 0.25) is 0 Å². The standard InChI is InChI=1S/C14H20N4/c1-3-14(5-8-15-9-6-14)13-17-11-4-7-16-10-12(11)18(13)2/h4,7,10,15H,3,5-6,8-9H2,1-2H3. The molecule has 0 aliphatic carbocycles. The van der Waals surface area contributed by atoms with Gasteiger partial charge in [0.2, 0.25) is 0 Å². The van der Waals surface area contributed by atoms with Crippen LogP contribution >= 0.6 is 0 Å². The lowest BCUT2D eigenvalue weighted by Crippen LogP contribution is -2.41. The molecule has 2 aromatic heterocycles. The smallest absolute Gasteiger partial charge is 0.115 e. The largest absolute Gasteiger partial charge is 0.329 e. The lowest BCUT2D eigenvalue weighted by atomic mass is 9.76. The Hall–Kier alpha value is -1.42. The number of aryl methyl sites for hydroxylation is 1. The van der Waals surface area contributed by atoms with Crippen LogP contribution in [0, 0.1) is 0 Å². The van der Waals surface area contributed by atoms with E-state index in [0.717, 1.165) is 30.5 Å². The van der Waals surface area contributed by atoms with Gasteiger partial charge in [0, 0.05) is 18.7 Å². The minimum absolute atomic E-state index is 0.235. The van der Waals surface area contributed by atoms with E-state index in [1.165, 1.54) is 18.7 Å². The maximum absolute atomic E-state index is 4.87. The molecule has 3 heterocycles. The number of nitrogens with zero attached hydrogens (tertiary/aromatic N) is 3. The zero-order valence-corrected chi connectivity index (χ0v) is 11.1. The van der Waals surface area contributed by atoms with Gasteiger partial charge in [-0.2, -0.15) is 0 Å². The van der Waals surface area contributed by atoms with Crippen molar-refractivity contribution >= 4 is 11.0 Å². The van der Waals surface area contributed by atoms with Gasteiger partial charge in [-0.25, -0.2) is 4.98 Å². The summed E-state index contributed by atoms with van der Waals surface area (Å²) in [6.07, 6.45) is 7.23. The molecule has 0 spiro atoms. The summed E-state index contributed by atoms with van der Waals surface area (Å²) in [6.45, 7) is 4.47. The maximum atomic E-state index is 4.87. The summed E-state index contributed by atoms with van der Waals surface area (Å²) in [5, 5.41) is 3.45. The Morgan fingerprint density at radius 1 is 1.39 bits per heavy atom. The van der Waals surface area contributed by atoms with Gasteiger partial charge in [-0.3, -0.25) is 4.98 Å². The fourth-order valence-corrected chi connectivity index (χ4v) is 3.15. The Labute approximate surface area is 107 Å². The zero-order valence-electron chi connectivity index (χ0n) is 11.1. The third kappa shape index (κ3) is 1.63. The van der Waals surface area contributed by atoms with Crippen molar-refractivity contribution in [1.82, 2.24) is 19.9 Å². The molecule has 1 fully saturated rings. The van der Waals surface area contributed by atoms with Crippen molar-refractivity contribution in [2.75, 3.05) is 13.1 Å². The van der Waals surface area contributed by atoms with Crippen molar-refractivity contribution in [3.05, 3.63) is 24.3 Å². The van der Waals surface area contributed by atoms with Crippen LogP contribution in [0.1, 0.15) is 32.0 Å². The van der Waals surface area contributed by atoms with Crippen LogP contribution < -0.4 is 5.32 Å². The maximum Gasteiger partial charge on any atom is 0.115 e. The highest BCUT2D eigenvalue weighted by Crippen LogP contribution is 2.36. The molecule has 4 nitrogen and oxygen atoms in total. The van der Waals surface area contributed by atoms with E-state index in [-0.39, 0.29) is 5.41 Å². The van der Waals surface area contributed by atoms with Crippen LogP contribution in [0.25, 0.3) is 11.0 Å². The summed E-state index contributed by atoms with van der Waals surface area (Å²) >= 11 is 0. The second kappa shape index (κ2) is 4.35. The Morgan fingerprint density at radius 3 is 2.83 bits per heavy atom. The minimum Gasteiger partial charge on any atom is -0.329 e. The molecular formula is C14H20N4. The molecule has 1 aliphatic heterocycles. The van der Waals surface area contributed by atoms with Gasteiger partial charge in [-0.15, -0.1) is 0 Å². The van der Waals surface area contributed by atoms with Crippen LogP contribution in [-0.2, 0) is 12.5 Å². The van der Waals surface area contributed by atoms with Gasteiger partial charge >= 0.3 is 0 Å². The van der Waals surface area contributed by atoms with E-state index in [2.05, 4.69) is 28.8 Å². The second-order valence-corrected chi connectivity index (χ2v) is 5.24. The number of piperidine rings is 1. The highest BCUT2D eigenvalue weighted by Gasteiger charge is 2.36. The van der Waals surface area contributed by atoms with Gasteiger partial charge in [0.1, 0.15) is 5.82 Å². The lowest BCUT2D eigenvalue weighted by Gasteiger charge is -2.36. The molecule has 4 heteroatoms. The van der Waals surface area contributed by atoms with Gasteiger partial charge in [0.25, 0.3) is 0 Å². The molecule has 3 rings (SSSR count). The molecule has 1 N–H and O–H groups in total. The summed E-state index contributed by atoms with van der Waals surface area (Å²) in [7, 11) is 2.12. The van der Waals surface area contributed by atoms with Gasteiger partial charge in [0.15, 0.2) is 0 Å². The first-order valence-electron chi connectivity index (χ1n) is 6.74. The SMILES string of the molecule is CCC1(c2nc3ccncc3n2C)CCNCC1. The van der Waals surface area contributed by atoms with Crippen molar-refractivity contribution in [2.24, 2.45) is 7.05 Å². The lowest BCUT2D eigenvalue weighted by molar-refractivity contribution is 0.277. The third-order valence-corrected chi connectivity index (χ3v) is 4.39. The zero-order chi connectivity index (χ0) is 12.6. The minimum atomic E-state index is 0.235. The quantitative estimate of drug-likeness (QED) is 0.878. The van der Waals surface area contributed by atoms with Crippen LogP contribution in [0.4, 0.5) is 0 Å². The number of hydrogen-bond acceptors (Lipinski definition) is 3. The summed E-state index contributed by atoms with van der Waals surface area (Å²) < 4.78 is 2.23. The molecule has 2 aromatic rings. The molecule has 0 atom stereocenters. The monoisotopic (exact) mass is 244 g/mol. The van der Waals surface area contributed by atoms with Gasteiger partial charge in [0.05, 0.1) is 17.2 Å². The first-order chi connectivity index (χ1) is 8.77. The van der Waals surface area contributed by atoms with E-state index in [1.54, 1.807) is 0 Å². The van der Waals surface area contributed by atoms with Crippen molar-refractivity contribution in [1.29, 1.82) is 0 Å². The highest BCUT2D eigenvalue weighted by molar-refractivity contribution is 5.74. The molecule has 1 saturated heterocycles. The van der Waals surface area contributed by atoms with E-state index in [0.29, 0.717) is 0 Å². The molecule has 0 unspecified atom stereocenters. The molecule has 0 radical (unpaired) electrons. The fraction of sp³-hybridized carbons (Fsp3) is 0.571. The van der Waals surface area contributed by atoms with E-state index >= 15 is 0 Å². The molecule has 18 heavy (non-hydrogen) atoms. The fourth-order valence-electron chi connectivity index (χ4n) is 3.15. The average Bonchev–Trinajstić information content (AvgIpc) is 2.78. The number of aromatic nitrogens is 3. The van der Waals surface area contributed by atoms with Gasteiger partial charge in [-0.1, -0.05) is 6.92 Å². The van der Waals surface area contributed by atoms with Crippen molar-refractivity contribution < 1.29 is 0 Å². The topological polar surface area (TPSA) is 42.7 Å². The number of nitrogens with one attached hydrogen (secondary N) is 1. The number of pyridine rings is 1. The first-order valence-corrected chi connectivity index (χ1v) is 6.74. The van der Waals surface area contributed by atoms with E-state index in [9.17, 15) is 0 Å². The summed E-state index contributed by atoms with van der Waals surface area (Å²) in [4.78, 5) is 9.08. The number of rotatable bonds is 2. The number of imidazole rings is 1. The molecule has 0 saturated carbocycles. The van der Waals surface area contributed by atoms with Crippen LogP contribution in [0.5, 0.6) is 0 Å². The van der Waals surface area contributed by atoms with E-state index in [4.69, 9.17) is 4.98 Å².